The SMILES string of the molecule is Cc1ccc(O)c(Cl)c1Cl. The van der Waals surface area contributed by atoms with Gasteiger partial charge in [-0.15, -0.1) is 0 Å². The van der Waals surface area contributed by atoms with Crippen LogP contribution in [0.1, 0.15) is 5.56 Å². The molecule has 1 rings (SSSR count). The van der Waals surface area contributed by atoms with E-state index in [-0.39, 0.29) is 10.8 Å². The van der Waals surface area contributed by atoms with Gasteiger partial charge < -0.3 is 5.11 Å². The van der Waals surface area contributed by atoms with E-state index in [1.807, 2.05) is 6.92 Å². The summed E-state index contributed by atoms with van der Waals surface area (Å²) < 4.78 is 0. The van der Waals surface area contributed by atoms with Gasteiger partial charge in [0.25, 0.3) is 0 Å². The van der Waals surface area contributed by atoms with Gasteiger partial charge in [0.15, 0.2) is 0 Å². The van der Waals surface area contributed by atoms with E-state index in [4.69, 9.17) is 28.3 Å². The number of aryl methyl sites for hydroxylation is 1. The summed E-state index contributed by atoms with van der Waals surface area (Å²) >= 11 is 11.3. The number of hydrogen-bond acceptors (Lipinski definition) is 1. The van der Waals surface area contributed by atoms with E-state index in [9.17, 15) is 0 Å². The van der Waals surface area contributed by atoms with Crippen LogP contribution in [0.5, 0.6) is 5.75 Å². The third kappa shape index (κ3) is 1.20. The number of aromatic hydroxyl groups is 1. The lowest BCUT2D eigenvalue weighted by Gasteiger charge is -2.00. The van der Waals surface area contributed by atoms with Crippen molar-refractivity contribution >= 4 is 23.2 Å². The van der Waals surface area contributed by atoms with Gasteiger partial charge in [-0.25, -0.2) is 0 Å². The Hall–Kier alpha value is -0.400. The van der Waals surface area contributed by atoms with Gasteiger partial charge >= 0.3 is 0 Å². The largest absolute Gasteiger partial charge is 0.506 e. The molecule has 54 valence electrons. The van der Waals surface area contributed by atoms with E-state index in [0.29, 0.717) is 5.02 Å². The Morgan fingerprint density at radius 1 is 1.20 bits per heavy atom. The summed E-state index contributed by atoms with van der Waals surface area (Å²) in [5.41, 5.74) is 0.865. The topological polar surface area (TPSA) is 20.2 Å². The van der Waals surface area contributed by atoms with Crippen LogP contribution in [0.2, 0.25) is 10.0 Å². The van der Waals surface area contributed by atoms with Gasteiger partial charge in [-0.1, -0.05) is 29.3 Å². The molecule has 1 aromatic rings. The minimum absolute atomic E-state index is 0.0252. The molecule has 0 aliphatic carbocycles. The Morgan fingerprint density at radius 2 is 1.80 bits per heavy atom. The monoisotopic (exact) mass is 176 g/mol. The van der Waals surface area contributed by atoms with E-state index >= 15 is 0 Å². The minimum atomic E-state index is 0.0252. The third-order valence-corrected chi connectivity index (χ3v) is 2.22. The molecule has 0 amide bonds. The number of hydrogen-bond donors (Lipinski definition) is 1. The lowest BCUT2D eigenvalue weighted by atomic mass is 10.2. The van der Waals surface area contributed by atoms with Gasteiger partial charge in [0.2, 0.25) is 0 Å². The summed E-state index contributed by atoms with van der Waals surface area (Å²) in [6.07, 6.45) is 0. The second kappa shape index (κ2) is 2.69. The Balaban J connectivity index is 3.34. The van der Waals surface area contributed by atoms with Crippen LogP contribution in [0.4, 0.5) is 0 Å². The van der Waals surface area contributed by atoms with Crippen LogP contribution in [0.25, 0.3) is 0 Å². The van der Waals surface area contributed by atoms with E-state index in [2.05, 4.69) is 0 Å². The molecule has 3 heteroatoms. The maximum Gasteiger partial charge on any atom is 0.135 e. The molecule has 1 aromatic carbocycles. The molecule has 10 heavy (non-hydrogen) atoms. The first-order chi connectivity index (χ1) is 4.63. The van der Waals surface area contributed by atoms with Crippen molar-refractivity contribution < 1.29 is 5.11 Å². The molecule has 0 aromatic heterocycles. The molecule has 0 aliphatic rings. The summed E-state index contributed by atoms with van der Waals surface area (Å²) in [6, 6.07) is 3.23. The highest BCUT2D eigenvalue weighted by Gasteiger charge is 2.04. The first-order valence-corrected chi connectivity index (χ1v) is 3.52. The lowest BCUT2D eigenvalue weighted by Crippen LogP contribution is -1.76. The van der Waals surface area contributed by atoms with E-state index in [1.54, 1.807) is 6.07 Å². The van der Waals surface area contributed by atoms with Crippen molar-refractivity contribution in [2.45, 2.75) is 6.92 Å². The molecule has 0 heterocycles. The normalized spacial score (nSPS) is 9.90. The quantitative estimate of drug-likeness (QED) is 0.645. The maximum atomic E-state index is 9.01. The van der Waals surface area contributed by atoms with E-state index in [1.165, 1.54) is 6.07 Å². The molecule has 0 saturated carbocycles. The molecular weight excluding hydrogens is 171 g/mol. The third-order valence-electron chi connectivity index (χ3n) is 1.26. The molecular formula is C7H6Cl2O. The molecule has 1 N–H and O–H groups in total. The van der Waals surface area contributed by atoms with E-state index in [0.717, 1.165) is 5.56 Å². The number of halogens is 2. The number of phenolic OH excluding ortho intramolecular Hbond substituents is 1. The van der Waals surface area contributed by atoms with Gasteiger partial charge in [0.1, 0.15) is 10.8 Å². The fourth-order valence-corrected chi connectivity index (χ4v) is 1.01. The van der Waals surface area contributed by atoms with Crippen molar-refractivity contribution in [1.29, 1.82) is 0 Å². The highest BCUT2D eigenvalue weighted by Crippen LogP contribution is 2.32. The van der Waals surface area contributed by atoms with Gasteiger partial charge in [0.05, 0.1) is 5.02 Å². The van der Waals surface area contributed by atoms with Crippen LogP contribution in [-0.2, 0) is 0 Å². The molecule has 0 unspecified atom stereocenters. The van der Waals surface area contributed by atoms with Gasteiger partial charge in [-0.2, -0.15) is 0 Å². The fourth-order valence-electron chi connectivity index (χ4n) is 0.636. The summed E-state index contributed by atoms with van der Waals surface area (Å²) in [5, 5.41) is 9.65. The smallest absolute Gasteiger partial charge is 0.135 e. The van der Waals surface area contributed by atoms with Crippen LogP contribution < -0.4 is 0 Å². The van der Waals surface area contributed by atoms with Crippen LogP contribution >= 0.6 is 23.2 Å². The molecule has 0 aliphatic heterocycles. The Bertz CT molecular complexity index is 231. The second-order valence-corrected chi connectivity index (χ2v) is 2.79. The van der Waals surface area contributed by atoms with Gasteiger partial charge in [-0.05, 0) is 18.6 Å². The number of benzene rings is 1. The minimum Gasteiger partial charge on any atom is -0.506 e. The first-order valence-electron chi connectivity index (χ1n) is 2.76. The predicted molar refractivity (Wildman–Crippen MR) is 42.9 cm³/mol. The van der Waals surface area contributed by atoms with Crippen LogP contribution in [-0.4, -0.2) is 5.11 Å². The lowest BCUT2D eigenvalue weighted by molar-refractivity contribution is 0.475. The van der Waals surface area contributed by atoms with Gasteiger partial charge in [-0.3, -0.25) is 0 Å². The maximum absolute atomic E-state index is 9.01. The van der Waals surface area contributed by atoms with Crippen LogP contribution in [0, 0.1) is 6.92 Å². The molecule has 0 fully saturated rings. The van der Waals surface area contributed by atoms with Crippen molar-refractivity contribution in [3.8, 4) is 5.75 Å². The zero-order chi connectivity index (χ0) is 7.72. The molecule has 0 atom stereocenters. The Kier molecular flexibility index (Phi) is 2.07. The average Bonchev–Trinajstić information content (AvgIpc) is 1.93. The summed E-state index contributed by atoms with van der Waals surface area (Å²) in [4.78, 5) is 0. The van der Waals surface area contributed by atoms with Crippen LogP contribution in [0.15, 0.2) is 12.1 Å². The Labute approximate surface area is 69.2 Å². The van der Waals surface area contributed by atoms with Crippen molar-refractivity contribution in [1.82, 2.24) is 0 Å². The highest BCUT2D eigenvalue weighted by molar-refractivity contribution is 6.43. The summed E-state index contributed by atoms with van der Waals surface area (Å²) in [7, 11) is 0. The second-order valence-electron chi connectivity index (χ2n) is 2.03. The number of rotatable bonds is 0. The molecule has 0 radical (unpaired) electrons. The molecule has 1 nitrogen and oxygen atoms in total. The molecule has 0 bridgehead atoms. The summed E-state index contributed by atoms with van der Waals surface area (Å²) in [6.45, 7) is 1.83. The van der Waals surface area contributed by atoms with Gasteiger partial charge in [0, 0.05) is 0 Å². The van der Waals surface area contributed by atoms with Crippen molar-refractivity contribution in [2.24, 2.45) is 0 Å². The van der Waals surface area contributed by atoms with E-state index < -0.39 is 0 Å². The first kappa shape index (κ1) is 7.70. The molecule has 0 saturated heterocycles. The van der Waals surface area contributed by atoms with Crippen molar-refractivity contribution in [2.75, 3.05) is 0 Å². The fraction of sp³-hybridized carbons (Fsp3) is 0.143. The van der Waals surface area contributed by atoms with Crippen LogP contribution in [0.3, 0.4) is 0 Å². The van der Waals surface area contributed by atoms with Crippen molar-refractivity contribution in [3.63, 3.8) is 0 Å². The summed E-state index contributed by atoms with van der Waals surface area (Å²) in [5.74, 6) is 0.0252. The molecule has 0 spiro atoms. The number of phenols is 1. The zero-order valence-corrected chi connectivity index (χ0v) is 6.87. The Morgan fingerprint density at radius 3 is 2.30 bits per heavy atom. The zero-order valence-electron chi connectivity index (χ0n) is 5.36. The van der Waals surface area contributed by atoms with Crippen molar-refractivity contribution in [3.05, 3.63) is 27.7 Å². The predicted octanol–water partition coefficient (Wildman–Crippen LogP) is 3.01. The highest BCUT2D eigenvalue weighted by atomic mass is 35.5. The standard InChI is InChI=1S/C7H6Cl2O/c1-4-2-3-5(10)7(9)6(4)8/h2-3,10H,1H3. The average molecular weight is 177 g/mol.